The van der Waals surface area contributed by atoms with E-state index in [1.165, 1.54) is 30.2 Å². The molecule has 0 N–H and O–H groups in total. The Hall–Kier alpha value is -3.15. The van der Waals surface area contributed by atoms with Gasteiger partial charge < -0.3 is 14.4 Å². The molecule has 1 aromatic carbocycles. The summed E-state index contributed by atoms with van der Waals surface area (Å²) in [4.78, 5) is 35.7. The van der Waals surface area contributed by atoms with Gasteiger partial charge in [-0.25, -0.2) is 0 Å². The minimum Gasteiger partial charge on any atom is -0.490 e. The van der Waals surface area contributed by atoms with Crippen molar-refractivity contribution in [3.05, 3.63) is 33.9 Å². The second-order valence-corrected chi connectivity index (χ2v) is 4.90. The van der Waals surface area contributed by atoms with Gasteiger partial charge in [0.15, 0.2) is 5.75 Å². The molecular weight excluding hydrogens is 330 g/mol. The highest BCUT2D eigenvalue weighted by Crippen LogP contribution is 2.28. The number of methoxy groups -OCH3 is 1. The number of hydrogen-bond acceptors (Lipinski definition) is 7. The third-order valence-electron chi connectivity index (χ3n) is 3.30. The molecule has 0 saturated carbocycles. The first-order chi connectivity index (χ1) is 11.9. The van der Waals surface area contributed by atoms with Crippen LogP contribution in [0.4, 0.5) is 5.69 Å². The summed E-state index contributed by atoms with van der Waals surface area (Å²) < 4.78 is 9.77. The maximum Gasteiger partial charge on any atom is 0.310 e. The molecule has 25 heavy (non-hydrogen) atoms. The van der Waals surface area contributed by atoms with Gasteiger partial charge in [0.05, 0.1) is 37.6 Å². The molecule has 1 aromatic rings. The van der Waals surface area contributed by atoms with Gasteiger partial charge in [0.1, 0.15) is 0 Å². The number of rotatable bonds is 9. The monoisotopic (exact) mass is 349 g/mol. The highest BCUT2D eigenvalue weighted by Gasteiger charge is 2.21. The fraction of sp³-hybridized carbons (Fsp3) is 0.438. The predicted octanol–water partition coefficient (Wildman–Crippen LogP) is 1.91. The molecule has 0 bridgehead atoms. The first-order valence-corrected chi connectivity index (χ1v) is 7.58. The normalized spacial score (nSPS) is 9.80. The predicted molar refractivity (Wildman–Crippen MR) is 87.0 cm³/mol. The van der Waals surface area contributed by atoms with Crippen LogP contribution in [-0.4, -0.2) is 48.5 Å². The smallest absolute Gasteiger partial charge is 0.310 e. The summed E-state index contributed by atoms with van der Waals surface area (Å²) in [6.07, 6.45) is 0.0911. The fourth-order valence-corrected chi connectivity index (χ4v) is 2.10. The van der Waals surface area contributed by atoms with Gasteiger partial charge in [-0.3, -0.25) is 19.7 Å². The Morgan fingerprint density at radius 3 is 2.64 bits per heavy atom. The number of benzene rings is 1. The van der Waals surface area contributed by atoms with Crippen LogP contribution >= 0.6 is 0 Å². The number of nitriles is 1. The number of carbonyl (C=O) groups is 2. The van der Waals surface area contributed by atoms with Crippen LogP contribution in [0.1, 0.15) is 30.1 Å². The molecule has 9 nitrogen and oxygen atoms in total. The van der Waals surface area contributed by atoms with Crippen molar-refractivity contribution < 1.29 is 24.0 Å². The van der Waals surface area contributed by atoms with Crippen molar-refractivity contribution in [3.63, 3.8) is 0 Å². The molecule has 0 aliphatic carbocycles. The van der Waals surface area contributed by atoms with Crippen molar-refractivity contribution in [2.24, 2.45) is 0 Å². The number of nitrogens with zero attached hydrogens (tertiary/aromatic N) is 3. The molecule has 1 amide bonds. The van der Waals surface area contributed by atoms with Gasteiger partial charge in [-0.2, -0.15) is 5.26 Å². The summed E-state index contributed by atoms with van der Waals surface area (Å²) in [5.74, 6) is -0.937. The van der Waals surface area contributed by atoms with E-state index >= 15 is 0 Å². The maximum atomic E-state index is 12.6. The lowest BCUT2D eigenvalue weighted by Crippen LogP contribution is -2.34. The Morgan fingerprint density at radius 1 is 1.36 bits per heavy atom. The van der Waals surface area contributed by atoms with Crippen molar-refractivity contribution >= 4 is 17.6 Å². The van der Waals surface area contributed by atoms with Crippen LogP contribution in [0.5, 0.6) is 5.75 Å². The molecule has 0 spiro atoms. The molecule has 9 heteroatoms. The van der Waals surface area contributed by atoms with E-state index in [-0.39, 0.29) is 49.5 Å². The number of nitro benzene ring substituents is 1. The molecule has 0 fully saturated rings. The van der Waals surface area contributed by atoms with Crippen LogP contribution in [0.2, 0.25) is 0 Å². The molecule has 1 rings (SSSR count). The lowest BCUT2D eigenvalue weighted by atomic mass is 10.1. The molecule has 0 unspecified atom stereocenters. The number of esters is 1. The van der Waals surface area contributed by atoms with E-state index in [4.69, 9.17) is 14.7 Å². The van der Waals surface area contributed by atoms with Crippen LogP contribution in [0.25, 0.3) is 0 Å². The van der Waals surface area contributed by atoms with E-state index < -0.39 is 16.8 Å². The third-order valence-corrected chi connectivity index (χ3v) is 3.30. The molecule has 0 atom stereocenters. The lowest BCUT2D eigenvalue weighted by molar-refractivity contribution is -0.385. The van der Waals surface area contributed by atoms with Gasteiger partial charge in [-0.15, -0.1) is 0 Å². The highest BCUT2D eigenvalue weighted by atomic mass is 16.6. The number of carbonyl (C=O) groups excluding carboxylic acids is 2. The standard InChI is InChI=1S/C16H19N3O6/c1-3-25-15(20)7-10-18(9-4-8-17)16(21)12-5-6-13(19(22)23)14(11-12)24-2/h5-6,11H,3-4,7,9-10H2,1-2H3. The Labute approximate surface area is 144 Å². The van der Waals surface area contributed by atoms with Crippen molar-refractivity contribution in [3.8, 4) is 11.8 Å². The quantitative estimate of drug-likeness (QED) is 0.379. The van der Waals surface area contributed by atoms with E-state index in [0.717, 1.165) is 0 Å². The zero-order valence-corrected chi connectivity index (χ0v) is 14.1. The largest absolute Gasteiger partial charge is 0.490 e. The maximum absolute atomic E-state index is 12.6. The zero-order valence-electron chi connectivity index (χ0n) is 14.1. The van der Waals surface area contributed by atoms with E-state index in [9.17, 15) is 19.7 Å². The topological polar surface area (TPSA) is 123 Å². The summed E-state index contributed by atoms with van der Waals surface area (Å²) in [6.45, 7) is 2.14. The van der Waals surface area contributed by atoms with E-state index in [2.05, 4.69) is 0 Å². The molecule has 0 aliphatic heterocycles. The van der Waals surface area contributed by atoms with Crippen molar-refractivity contribution in [1.82, 2.24) is 4.90 Å². The number of hydrogen-bond donors (Lipinski definition) is 0. The minimum atomic E-state index is -0.610. The molecule has 0 aromatic heterocycles. The zero-order chi connectivity index (χ0) is 18.8. The highest BCUT2D eigenvalue weighted by molar-refractivity contribution is 5.95. The van der Waals surface area contributed by atoms with Gasteiger partial charge in [-0.1, -0.05) is 0 Å². The minimum absolute atomic E-state index is 0.00484. The molecule has 0 saturated heterocycles. The average Bonchev–Trinajstić information content (AvgIpc) is 2.60. The summed E-state index contributed by atoms with van der Waals surface area (Å²) in [6, 6.07) is 5.70. The van der Waals surface area contributed by atoms with Gasteiger partial charge >= 0.3 is 11.7 Å². The summed E-state index contributed by atoms with van der Waals surface area (Å²) >= 11 is 0. The van der Waals surface area contributed by atoms with Crippen molar-refractivity contribution in [1.29, 1.82) is 5.26 Å². The second kappa shape index (κ2) is 9.87. The average molecular weight is 349 g/mol. The first kappa shape index (κ1) is 19.9. The van der Waals surface area contributed by atoms with Gasteiger partial charge in [0, 0.05) is 30.8 Å². The van der Waals surface area contributed by atoms with Crippen molar-refractivity contribution in [2.45, 2.75) is 19.8 Å². The van der Waals surface area contributed by atoms with Crippen LogP contribution in [0.3, 0.4) is 0 Å². The Morgan fingerprint density at radius 2 is 2.08 bits per heavy atom. The molecule has 0 radical (unpaired) electrons. The fourth-order valence-electron chi connectivity index (χ4n) is 2.10. The lowest BCUT2D eigenvalue weighted by Gasteiger charge is -2.21. The van der Waals surface area contributed by atoms with E-state index in [1.54, 1.807) is 6.92 Å². The van der Waals surface area contributed by atoms with Crippen LogP contribution < -0.4 is 4.74 Å². The summed E-state index contributed by atoms with van der Waals surface area (Å²) in [5.41, 5.74) is -0.0848. The summed E-state index contributed by atoms with van der Waals surface area (Å²) in [5, 5.41) is 19.7. The number of amides is 1. The molecular formula is C16H19N3O6. The van der Waals surface area contributed by atoms with Crippen LogP contribution in [-0.2, 0) is 9.53 Å². The Kier molecular flexibility index (Phi) is 7.86. The third kappa shape index (κ3) is 5.76. The summed E-state index contributed by atoms with van der Waals surface area (Å²) in [7, 11) is 1.27. The Balaban J connectivity index is 2.98. The molecule has 0 heterocycles. The number of nitro groups is 1. The molecule has 134 valence electrons. The first-order valence-electron chi connectivity index (χ1n) is 7.58. The number of ether oxygens (including phenoxy) is 2. The van der Waals surface area contributed by atoms with E-state index in [0.29, 0.717) is 0 Å². The van der Waals surface area contributed by atoms with Crippen LogP contribution in [0, 0.1) is 21.4 Å². The Bertz CT molecular complexity index is 683. The SMILES string of the molecule is CCOC(=O)CCN(CCC#N)C(=O)c1ccc([N+](=O)[O-])c(OC)c1. The van der Waals surface area contributed by atoms with Crippen molar-refractivity contribution in [2.75, 3.05) is 26.8 Å². The van der Waals surface area contributed by atoms with Gasteiger partial charge in [0.25, 0.3) is 5.91 Å². The van der Waals surface area contributed by atoms with Gasteiger partial charge in [-0.05, 0) is 13.0 Å². The molecule has 0 aliphatic rings. The second-order valence-electron chi connectivity index (χ2n) is 4.90. The van der Waals surface area contributed by atoms with Gasteiger partial charge in [0.2, 0.25) is 0 Å². The van der Waals surface area contributed by atoms with Crippen LogP contribution in [0.15, 0.2) is 18.2 Å². The van der Waals surface area contributed by atoms with E-state index in [1.807, 2.05) is 6.07 Å².